The van der Waals surface area contributed by atoms with Crippen LogP contribution in [-0.2, 0) is 13.0 Å². The summed E-state index contributed by atoms with van der Waals surface area (Å²) in [7, 11) is 0. The number of aryl methyl sites for hydroxylation is 2. The largest absolute Gasteiger partial charge is 0.270 e. The first-order valence-electron chi connectivity index (χ1n) is 6.48. The maximum atomic E-state index is 6.15. The van der Waals surface area contributed by atoms with Gasteiger partial charge in [-0.2, -0.15) is 5.10 Å². The average Bonchev–Trinajstić information content (AvgIpc) is 2.77. The molecule has 4 heteroatoms. The highest BCUT2D eigenvalue weighted by atomic mass is 79.9. The third kappa shape index (κ3) is 3.61. The maximum Gasteiger partial charge on any atom is 0.0596 e. The minimum Gasteiger partial charge on any atom is -0.270 e. The van der Waals surface area contributed by atoms with E-state index in [1.807, 2.05) is 6.92 Å². The highest BCUT2D eigenvalue weighted by Gasteiger charge is 2.14. The van der Waals surface area contributed by atoms with Crippen LogP contribution in [0.1, 0.15) is 29.8 Å². The van der Waals surface area contributed by atoms with E-state index in [-0.39, 0.29) is 0 Å². The Morgan fingerprint density at radius 2 is 2.00 bits per heavy atom. The standard InChI is InChI=1S/C15H18BrClN2/c1-3-19-15(8-11(2)18-19)9-13(10-17)12-4-6-14(16)7-5-12/h4-8,13H,3,9-10H2,1-2H3. The molecule has 0 amide bonds. The molecule has 19 heavy (non-hydrogen) atoms. The molecule has 0 aliphatic rings. The smallest absolute Gasteiger partial charge is 0.0596 e. The molecule has 0 saturated carbocycles. The summed E-state index contributed by atoms with van der Waals surface area (Å²) in [5.41, 5.74) is 3.61. The summed E-state index contributed by atoms with van der Waals surface area (Å²) >= 11 is 9.62. The van der Waals surface area contributed by atoms with Crippen LogP contribution in [-0.4, -0.2) is 15.7 Å². The third-order valence-electron chi connectivity index (χ3n) is 3.27. The summed E-state index contributed by atoms with van der Waals surface area (Å²) in [6.07, 6.45) is 0.930. The molecule has 1 heterocycles. The number of nitrogens with zero attached hydrogens (tertiary/aromatic N) is 2. The summed E-state index contributed by atoms with van der Waals surface area (Å²) in [6.45, 7) is 5.05. The topological polar surface area (TPSA) is 17.8 Å². The van der Waals surface area contributed by atoms with Crippen molar-refractivity contribution in [2.75, 3.05) is 5.88 Å². The molecule has 1 atom stereocenters. The van der Waals surface area contributed by atoms with Crippen LogP contribution in [0.3, 0.4) is 0 Å². The summed E-state index contributed by atoms with van der Waals surface area (Å²) in [5, 5.41) is 4.49. The number of benzene rings is 1. The molecule has 0 radical (unpaired) electrons. The molecule has 0 spiro atoms. The number of alkyl halides is 1. The highest BCUT2D eigenvalue weighted by Crippen LogP contribution is 2.24. The van der Waals surface area contributed by atoms with E-state index in [1.54, 1.807) is 0 Å². The fourth-order valence-corrected chi connectivity index (χ4v) is 2.84. The molecular weight excluding hydrogens is 324 g/mol. The Bertz CT molecular complexity index is 534. The molecule has 0 saturated heterocycles. The van der Waals surface area contributed by atoms with Crippen molar-refractivity contribution in [2.45, 2.75) is 32.7 Å². The lowest BCUT2D eigenvalue weighted by Crippen LogP contribution is -2.10. The Morgan fingerprint density at radius 3 is 2.58 bits per heavy atom. The van der Waals surface area contributed by atoms with Crippen LogP contribution in [0, 0.1) is 6.92 Å². The zero-order valence-electron chi connectivity index (χ0n) is 11.2. The summed E-state index contributed by atoms with van der Waals surface area (Å²) in [4.78, 5) is 0. The molecule has 0 N–H and O–H groups in total. The van der Waals surface area contributed by atoms with E-state index in [0.29, 0.717) is 11.8 Å². The normalized spacial score (nSPS) is 12.6. The second-order valence-electron chi connectivity index (χ2n) is 4.70. The van der Waals surface area contributed by atoms with Gasteiger partial charge in [0, 0.05) is 28.5 Å². The fourth-order valence-electron chi connectivity index (χ4n) is 2.29. The lowest BCUT2D eigenvalue weighted by molar-refractivity contribution is 0.595. The van der Waals surface area contributed by atoms with E-state index in [2.05, 4.69) is 63.0 Å². The minimum absolute atomic E-state index is 0.330. The fraction of sp³-hybridized carbons (Fsp3) is 0.400. The lowest BCUT2D eigenvalue weighted by atomic mass is 9.96. The zero-order chi connectivity index (χ0) is 13.8. The highest BCUT2D eigenvalue weighted by molar-refractivity contribution is 9.10. The first-order chi connectivity index (χ1) is 9.13. The van der Waals surface area contributed by atoms with Crippen molar-refractivity contribution in [3.8, 4) is 0 Å². The van der Waals surface area contributed by atoms with Crippen molar-refractivity contribution < 1.29 is 0 Å². The van der Waals surface area contributed by atoms with E-state index < -0.39 is 0 Å². The van der Waals surface area contributed by atoms with Crippen LogP contribution in [0.25, 0.3) is 0 Å². The minimum atomic E-state index is 0.330. The van der Waals surface area contributed by atoms with Crippen molar-refractivity contribution in [1.29, 1.82) is 0 Å². The van der Waals surface area contributed by atoms with Crippen molar-refractivity contribution >= 4 is 27.5 Å². The number of rotatable bonds is 5. The molecule has 2 rings (SSSR count). The van der Waals surface area contributed by atoms with Gasteiger partial charge in [0.25, 0.3) is 0 Å². The van der Waals surface area contributed by atoms with Gasteiger partial charge in [0.15, 0.2) is 0 Å². The third-order valence-corrected chi connectivity index (χ3v) is 4.17. The van der Waals surface area contributed by atoms with Gasteiger partial charge in [-0.15, -0.1) is 11.6 Å². The molecule has 1 aromatic carbocycles. The van der Waals surface area contributed by atoms with E-state index >= 15 is 0 Å². The molecule has 2 aromatic rings. The quantitative estimate of drug-likeness (QED) is 0.730. The zero-order valence-corrected chi connectivity index (χ0v) is 13.6. The van der Waals surface area contributed by atoms with E-state index in [4.69, 9.17) is 11.6 Å². The van der Waals surface area contributed by atoms with Gasteiger partial charge in [-0.3, -0.25) is 4.68 Å². The molecule has 1 aromatic heterocycles. The van der Waals surface area contributed by atoms with Gasteiger partial charge in [-0.1, -0.05) is 28.1 Å². The second-order valence-corrected chi connectivity index (χ2v) is 5.92. The molecule has 2 nitrogen and oxygen atoms in total. The van der Waals surface area contributed by atoms with Crippen molar-refractivity contribution in [3.63, 3.8) is 0 Å². The van der Waals surface area contributed by atoms with Crippen LogP contribution < -0.4 is 0 Å². The van der Waals surface area contributed by atoms with Crippen LogP contribution in [0.5, 0.6) is 0 Å². The monoisotopic (exact) mass is 340 g/mol. The Balaban J connectivity index is 2.21. The Labute approximate surface area is 127 Å². The molecule has 0 aliphatic heterocycles. The molecule has 1 unspecified atom stereocenters. The second kappa shape index (κ2) is 6.58. The Hall–Kier alpha value is -0.800. The van der Waals surface area contributed by atoms with Crippen molar-refractivity contribution in [3.05, 3.63) is 51.8 Å². The lowest BCUT2D eigenvalue weighted by Gasteiger charge is -2.15. The first-order valence-corrected chi connectivity index (χ1v) is 7.81. The Morgan fingerprint density at radius 1 is 1.32 bits per heavy atom. The van der Waals surface area contributed by atoms with Gasteiger partial charge >= 0.3 is 0 Å². The predicted molar refractivity (Wildman–Crippen MR) is 83.9 cm³/mol. The SMILES string of the molecule is CCn1nc(C)cc1CC(CCl)c1ccc(Br)cc1. The van der Waals surface area contributed by atoms with Crippen molar-refractivity contribution in [1.82, 2.24) is 9.78 Å². The molecular formula is C15H18BrClN2. The number of aromatic nitrogens is 2. The van der Waals surface area contributed by atoms with Crippen LogP contribution in [0.15, 0.2) is 34.8 Å². The number of hydrogen-bond donors (Lipinski definition) is 0. The molecule has 102 valence electrons. The van der Waals surface area contributed by atoms with Gasteiger partial charge in [-0.25, -0.2) is 0 Å². The van der Waals surface area contributed by atoms with Crippen molar-refractivity contribution in [2.24, 2.45) is 0 Å². The van der Waals surface area contributed by atoms with Gasteiger partial charge in [0.2, 0.25) is 0 Å². The number of halogens is 2. The average molecular weight is 342 g/mol. The van der Waals surface area contributed by atoms with E-state index in [9.17, 15) is 0 Å². The molecule has 0 bridgehead atoms. The predicted octanol–water partition coefficient (Wildman–Crippen LogP) is 4.54. The first kappa shape index (κ1) is 14.6. The van der Waals surface area contributed by atoms with Gasteiger partial charge in [0.05, 0.1) is 5.69 Å². The summed E-state index contributed by atoms with van der Waals surface area (Å²) < 4.78 is 3.16. The van der Waals surface area contributed by atoms with Crippen LogP contribution >= 0.6 is 27.5 Å². The maximum absolute atomic E-state index is 6.15. The summed E-state index contributed by atoms with van der Waals surface area (Å²) in [6, 6.07) is 10.6. The molecule has 0 aliphatic carbocycles. The van der Waals surface area contributed by atoms with E-state index in [1.165, 1.54) is 11.3 Å². The van der Waals surface area contributed by atoms with E-state index in [0.717, 1.165) is 23.1 Å². The number of hydrogen-bond acceptors (Lipinski definition) is 1. The van der Waals surface area contributed by atoms with Gasteiger partial charge in [-0.05, 0) is 44.0 Å². The van der Waals surface area contributed by atoms with Crippen LogP contribution in [0.4, 0.5) is 0 Å². The summed E-state index contributed by atoms with van der Waals surface area (Å²) in [5.74, 6) is 0.950. The van der Waals surface area contributed by atoms with Gasteiger partial charge < -0.3 is 0 Å². The van der Waals surface area contributed by atoms with Crippen LogP contribution in [0.2, 0.25) is 0 Å². The molecule has 0 fully saturated rings. The van der Waals surface area contributed by atoms with Gasteiger partial charge in [0.1, 0.15) is 0 Å². The Kier molecular flexibility index (Phi) is 5.06.